The number of hydrogen-bond donors (Lipinski definition) is 1. The van der Waals surface area contributed by atoms with E-state index in [2.05, 4.69) is 15.3 Å². The summed E-state index contributed by atoms with van der Waals surface area (Å²) in [5, 5.41) is 7.16. The minimum atomic E-state index is -0.244. The third-order valence-corrected chi connectivity index (χ3v) is 5.94. The number of amides is 1. The van der Waals surface area contributed by atoms with Gasteiger partial charge in [-0.25, -0.2) is 9.36 Å². The van der Waals surface area contributed by atoms with Crippen LogP contribution in [0.1, 0.15) is 18.5 Å². The van der Waals surface area contributed by atoms with Gasteiger partial charge in [0, 0.05) is 39.2 Å². The van der Waals surface area contributed by atoms with Crippen molar-refractivity contribution in [3.8, 4) is 5.69 Å². The number of nitrogens with one attached hydrogen (secondary N) is 1. The van der Waals surface area contributed by atoms with Gasteiger partial charge in [0.2, 0.25) is 5.91 Å². The van der Waals surface area contributed by atoms with E-state index < -0.39 is 0 Å². The van der Waals surface area contributed by atoms with Gasteiger partial charge in [-0.2, -0.15) is 5.10 Å². The summed E-state index contributed by atoms with van der Waals surface area (Å²) in [5.41, 5.74) is 1.37. The first-order valence-electron chi connectivity index (χ1n) is 10.3. The number of carbonyl (C=O) groups excluding carboxylic acids is 1. The molecule has 9 nitrogen and oxygen atoms in total. The molecule has 0 radical (unpaired) electrons. The van der Waals surface area contributed by atoms with Crippen LogP contribution < -0.4 is 21.3 Å². The maximum atomic E-state index is 13.0. The minimum Gasteiger partial charge on any atom is -0.355 e. The molecule has 1 aromatic carbocycles. The molecule has 0 saturated carbocycles. The Hall–Kier alpha value is -3.62. The van der Waals surface area contributed by atoms with Crippen molar-refractivity contribution in [1.29, 1.82) is 0 Å². The highest BCUT2D eigenvalue weighted by molar-refractivity contribution is 5.93. The summed E-state index contributed by atoms with van der Waals surface area (Å²) < 4.78 is 4.62. The lowest BCUT2D eigenvalue weighted by Crippen LogP contribution is -2.39. The Morgan fingerprint density at radius 3 is 2.35 bits per heavy atom. The monoisotopic (exact) mass is 422 g/mol. The molecule has 4 rings (SSSR count). The highest BCUT2D eigenvalue weighted by Gasteiger charge is 2.28. The highest BCUT2D eigenvalue weighted by Crippen LogP contribution is 2.23. The van der Waals surface area contributed by atoms with E-state index in [0.717, 1.165) is 11.5 Å². The Labute approximate surface area is 179 Å². The molecule has 0 spiro atoms. The predicted octanol–water partition coefficient (Wildman–Crippen LogP) is 1.43. The number of benzene rings is 1. The number of aryl methyl sites for hydroxylation is 1. The molecule has 1 aliphatic rings. The van der Waals surface area contributed by atoms with Crippen molar-refractivity contribution in [3.05, 3.63) is 68.9 Å². The summed E-state index contributed by atoms with van der Waals surface area (Å²) in [4.78, 5) is 39.5. The third-order valence-electron chi connectivity index (χ3n) is 5.94. The molecule has 162 valence electrons. The minimum absolute atomic E-state index is 0.140. The van der Waals surface area contributed by atoms with Crippen LogP contribution in [-0.2, 0) is 18.9 Å². The van der Waals surface area contributed by atoms with Crippen LogP contribution in [0.3, 0.4) is 0 Å². The number of rotatable bonds is 4. The molecule has 31 heavy (non-hydrogen) atoms. The maximum Gasteiger partial charge on any atom is 0.295 e. The number of hydrogen-bond acceptors (Lipinski definition) is 5. The van der Waals surface area contributed by atoms with E-state index in [1.54, 1.807) is 29.5 Å². The smallest absolute Gasteiger partial charge is 0.295 e. The van der Waals surface area contributed by atoms with E-state index in [9.17, 15) is 14.4 Å². The van der Waals surface area contributed by atoms with Gasteiger partial charge >= 0.3 is 0 Å². The fourth-order valence-corrected chi connectivity index (χ4v) is 3.97. The van der Waals surface area contributed by atoms with Crippen LogP contribution in [-0.4, -0.2) is 38.1 Å². The normalized spacial score (nSPS) is 14.6. The molecule has 0 aliphatic carbocycles. The summed E-state index contributed by atoms with van der Waals surface area (Å²) in [6.45, 7) is 3.14. The van der Waals surface area contributed by atoms with Crippen LogP contribution in [0.25, 0.3) is 5.69 Å². The van der Waals surface area contributed by atoms with E-state index in [4.69, 9.17) is 0 Å². The van der Waals surface area contributed by atoms with Crippen LogP contribution in [0.2, 0.25) is 0 Å². The van der Waals surface area contributed by atoms with Crippen LogP contribution in [0, 0.1) is 12.8 Å². The molecule has 1 N–H and O–H groups in total. The summed E-state index contributed by atoms with van der Waals surface area (Å²) in [7, 11) is 3.43. The quantitative estimate of drug-likeness (QED) is 0.687. The molecular weight excluding hydrogens is 396 g/mol. The van der Waals surface area contributed by atoms with Crippen molar-refractivity contribution in [2.45, 2.75) is 19.8 Å². The zero-order valence-electron chi connectivity index (χ0n) is 17.9. The van der Waals surface area contributed by atoms with Gasteiger partial charge in [-0.1, -0.05) is 18.2 Å². The zero-order valence-corrected chi connectivity index (χ0v) is 17.9. The molecule has 1 amide bonds. The Balaban J connectivity index is 1.47. The van der Waals surface area contributed by atoms with E-state index in [1.165, 1.54) is 10.7 Å². The van der Waals surface area contributed by atoms with E-state index in [1.807, 2.05) is 37.3 Å². The summed E-state index contributed by atoms with van der Waals surface area (Å²) in [5.74, 6) is 0.401. The Kier molecular flexibility index (Phi) is 5.50. The molecule has 3 heterocycles. The predicted molar refractivity (Wildman–Crippen MR) is 119 cm³/mol. The van der Waals surface area contributed by atoms with Crippen molar-refractivity contribution in [2.75, 3.05) is 23.3 Å². The first-order valence-corrected chi connectivity index (χ1v) is 10.3. The van der Waals surface area contributed by atoms with E-state index in [0.29, 0.717) is 37.3 Å². The zero-order chi connectivity index (χ0) is 22.1. The Morgan fingerprint density at radius 1 is 1.03 bits per heavy atom. The number of carbonyl (C=O) groups is 1. The lowest BCUT2D eigenvalue weighted by molar-refractivity contribution is -0.120. The first kappa shape index (κ1) is 20.6. The van der Waals surface area contributed by atoms with Gasteiger partial charge in [-0.15, -0.1) is 0 Å². The fraction of sp³-hybridized carbons (Fsp3) is 0.364. The molecule has 0 unspecified atom stereocenters. The van der Waals surface area contributed by atoms with Gasteiger partial charge in [-0.05, 0) is 38.0 Å². The topological polar surface area (TPSA) is 94.2 Å². The highest BCUT2D eigenvalue weighted by atomic mass is 16.2. The summed E-state index contributed by atoms with van der Waals surface area (Å²) in [6.07, 6.45) is 1.30. The summed E-state index contributed by atoms with van der Waals surface area (Å²) >= 11 is 0. The first-order chi connectivity index (χ1) is 14.9. The molecule has 1 fully saturated rings. The lowest BCUT2D eigenvalue weighted by Gasteiger charge is -2.32. The molecule has 2 aromatic heterocycles. The van der Waals surface area contributed by atoms with Crippen molar-refractivity contribution in [3.63, 3.8) is 0 Å². The van der Waals surface area contributed by atoms with Crippen LogP contribution in [0.4, 0.5) is 11.5 Å². The average molecular weight is 422 g/mol. The van der Waals surface area contributed by atoms with Crippen molar-refractivity contribution in [1.82, 2.24) is 19.1 Å². The van der Waals surface area contributed by atoms with Gasteiger partial charge < -0.3 is 10.2 Å². The average Bonchev–Trinajstić information content (AvgIpc) is 2.99. The van der Waals surface area contributed by atoms with Crippen molar-refractivity contribution >= 4 is 17.4 Å². The van der Waals surface area contributed by atoms with Crippen molar-refractivity contribution in [2.24, 2.45) is 20.0 Å². The molecule has 1 saturated heterocycles. The Bertz CT molecular complexity index is 1220. The Morgan fingerprint density at radius 2 is 1.71 bits per heavy atom. The SMILES string of the molecule is Cc1c(NC(=O)C2CCN(c3ccc(=O)n(C)n3)CC2)c(=O)n(-c2ccccc2)n1C. The molecule has 9 heteroatoms. The largest absolute Gasteiger partial charge is 0.355 e. The molecule has 0 bridgehead atoms. The number of piperidine rings is 1. The van der Waals surface area contributed by atoms with Crippen LogP contribution in [0.15, 0.2) is 52.1 Å². The van der Waals surface area contributed by atoms with Gasteiger partial charge in [0.05, 0.1) is 11.4 Å². The van der Waals surface area contributed by atoms with Crippen LogP contribution in [0.5, 0.6) is 0 Å². The van der Waals surface area contributed by atoms with E-state index >= 15 is 0 Å². The number of nitrogens with zero attached hydrogens (tertiary/aromatic N) is 5. The fourth-order valence-electron chi connectivity index (χ4n) is 3.97. The molecular formula is C22H26N6O3. The van der Waals surface area contributed by atoms with Crippen LogP contribution >= 0.6 is 0 Å². The molecule has 1 aliphatic heterocycles. The standard InChI is InChI=1S/C22H26N6O3/c1-15-20(22(31)28(26(15)3)17-7-5-4-6-8-17)23-21(30)16-11-13-27(14-12-16)18-9-10-19(29)25(2)24-18/h4-10,16H,11-14H2,1-3H3,(H,23,30). The second-order valence-electron chi connectivity index (χ2n) is 7.84. The second-order valence-corrected chi connectivity index (χ2v) is 7.84. The number of anilines is 2. The van der Waals surface area contributed by atoms with Crippen molar-refractivity contribution < 1.29 is 4.79 Å². The van der Waals surface area contributed by atoms with Gasteiger partial charge in [0.15, 0.2) is 0 Å². The second kappa shape index (κ2) is 8.25. The molecule has 3 aromatic rings. The summed E-state index contributed by atoms with van der Waals surface area (Å²) in [6, 6.07) is 12.6. The number of para-hydroxylation sites is 1. The van der Waals surface area contributed by atoms with Gasteiger partial charge in [0.25, 0.3) is 11.1 Å². The van der Waals surface area contributed by atoms with Gasteiger partial charge in [0.1, 0.15) is 11.5 Å². The number of aromatic nitrogens is 4. The third kappa shape index (κ3) is 3.90. The molecule has 0 atom stereocenters. The van der Waals surface area contributed by atoms with E-state index in [-0.39, 0.29) is 22.9 Å². The maximum absolute atomic E-state index is 13.0. The van der Waals surface area contributed by atoms with Gasteiger partial charge in [-0.3, -0.25) is 19.1 Å². The lowest BCUT2D eigenvalue weighted by atomic mass is 9.96.